The highest BCUT2D eigenvalue weighted by Crippen LogP contribution is 2.17. The molecule has 354 valence electrons. The van der Waals surface area contributed by atoms with Crippen LogP contribution >= 0.6 is 0 Å². The van der Waals surface area contributed by atoms with Crippen molar-refractivity contribution in [2.75, 3.05) is 6.61 Å². The first-order valence-electron chi connectivity index (χ1n) is 25.5. The van der Waals surface area contributed by atoms with E-state index in [2.05, 4.69) is 105 Å². The monoisotopic (exact) mass is 862 g/mol. The Balaban J connectivity index is 4.65. The lowest BCUT2D eigenvalue weighted by molar-refractivity contribution is -0.150. The summed E-state index contributed by atoms with van der Waals surface area (Å²) < 4.78 is 5.86. The van der Waals surface area contributed by atoms with E-state index in [1.165, 1.54) is 83.5 Å². The van der Waals surface area contributed by atoms with Crippen LogP contribution in [0.1, 0.15) is 220 Å². The molecule has 0 radical (unpaired) electrons. The van der Waals surface area contributed by atoms with Crippen LogP contribution in [0.2, 0.25) is 0 Å². The summed E-state index contributed by atoms with van der Waals surface area (Å²) in [6, 6.07) is -0.733. The van der Waals surface area contributed by atoms with Gasteiger partial charge in [-0.15, -0.1) is 0 Å². The van der Waals surface area contributed by atoms with Gasteiger partial charge in [-0.1, -0.05) is 227 Å². The first-order valence-corrected chi connectivity index (χ1v) is 25.5. The van der Waals surface area contributed by atoms with Gasteiger partial charge in [-0.3, -0.25) is 9.59 Å². The number of hydrogen-bond donors (Lipinski definition) is 3. The minimum atomic E-state index is -0.814. The van der Waals surface area contributed by atoms with Crippen molar-refractivity contribution in [2.24, 2.45) is 0 Å². The Labute approximate surface area is 382 Å². The third-order valence-electron chi connectivity index (χ3n) is 11.0. The van der Waals surface area contributed by atoms with Gasteiger partial charge in [0, 0.05) is 6.42 Å². The Morgan fingerprint density at radius 1 is 0.500 bits per heavy atom. The molecule has 62 heavy (non-hydrogen) atoms. The van der Waals surface area contributed by atoms with Gasteiger partial charge >= 0.3 is 5.97 Å². The molecule has 0 aliphatic heterocycles. The molecule has 3 N–H and O–H groups in total. The molecule has 3 atom stereocenters. The molecule has 0 aliphatic carbocycles. The normalized spacial score (nSPS) is 14.1. The standard InChI is InChI=1S/C56H95NO5/c1-4-7-10-13-16-19-22-24-26-28-30-33-36-39-42-45-48-54(59)53(51-58)57-55(60)50-52(47-44-41-38-35-32-21-18-15-12-9-6-3)62-56(61)49-46-43-40-37-34-31-29-27-25-23-20-17-14-11-8-5-2/h8-9,11-12,15,17-18,20-21,25,27,31-32,34,40,43,52-54,58-59H,4-7,10,13-14,16,19,22-24,26,28-30,33,35-39,41-42,44-51H2,1-3H3,(H,57,60)/b11-8+,12-9+,18-15+,20-17+,27-25+,32-21-,34-31+,43-40+. The van der Waals surface area contributed by atoms with Gasteiger partial charge in [-0.05, 0) is 77.0 Å². The minimum absolute atomic E-state index is 0.0195. The predicted molar refractivity (Wildman–Crippen MR) is 268 cm³/mol. The van der Waals surface area contributed by atoms with Crippen LogP contribution in [0.3, 0.4) is 0 Å². The Hall–Kier alpha value is -3.22. The summed E-state index contributed by atoms with van der Waals surface area (Å²) in [6.45, 7) is 6.20. The van der Waals surface area contributed by atoms with Gasteiger partial charge < -0.3 is 20.3 Å². The Kier molecular flexibility index (Phi) is 46.3. The van der Waals surface area contributed by atoms with Crippen LogP contribution in [0, 0.1) is 0 Å². The topological polar surface area (TPSA) is 95.9 Å². The number of unbranched alkanes of at least 4 members (excludes halogenated alkanes) is 18. The van der Waals surface area contributed by atoms with Crippen molar-refractivity contribution in [3.05, 3.63) is 97.2 Å². The van der Waals surface area contributed by atoms with Crippen LogP contribution in [-0.4, -0.2) is 46.9 Å². The molecule has 0 heterocycles. The molecular formula is C56H95NO5. The van der Waals surface area contributed by atoms with Gasteiger partial charge in [-0.25, -0.2) is 0 Å². The number of esters is 1. The fourth-order valence-electron chi connectivity index (χ4n) is 7.18. The fourth-order valence-corrected chi connectivity index (χ4v) is 7.18. The highest BCUT2D eigenvalue weighted by atomic mass is 16.5. The average Bonchev–Trinajstić information content (AvgIpc) is 3.26. The number of aliphatic hydroxyl groups is 2. The summed E-state index contributed by atoms with van der Waals surface area (Å²) in [5.41, 5.74) is 0. The molecular weight excluding hydrogens is 767 g/mol. The number of carbonyl (C=O) groups is 2. The SMILES string of the molecule is CC/C=C/C=C/C=C\CCCCCC(CC(=O)NC(CO)C(O)CCCCCCCCCCCCCCCCCC)OC(=O)CC/C=C/C/C=C/C/C=C/C/C=C/C/C=C/CC. The van der Waals surface area contributed by atoms with E-state index in [0.29, 0.717) is 19.3 Å². The van der Waals surface area contributed by atoms with Crippen LogP contribution in [-0.2, 0) is 14.3 Å². The van der Waals surface area contributed by atoms with Crippen molar-refractivity contribution in [3.8, 4) is 0 Å². The highest BCUT2D eigenvalue weighted by molar-refractivity contribution is 5.77. The number of allylic oxidation sites excluding steroid dienone is 16. The molecule has 0 rings (SSSR count). The maximum absolute atomic E-state index is 13.2. The van der Waals surface area contributed by atoms with E-state index >= 15 is 0 Å². The van der Waals surface area contributed by atoms with Crippen molar-refractivity contribution in [1.29, 1.82) is 0 Å². The lowest BCUT2D eigenvalue weighted by Gasteiger charge is -2.24. The van der Waals surface area contributed by atoms with Gasteiger partial charge in [0.2, 0.25) is 5.91 Å². The third-order valence-corrected chi connectivity index (χ3v) is 11.0. The van der Waals surface area contributed by atoms with Gasteiger partial charge in [0.05, 0.1) is 25.2 Å². The molecule has 6 heteroatoms. The molecule has 0 aromatic rings. The van der Waals surface area contributed by atoms with Gasteiger partial charge in [0.25, 0.3) is 0 Å². The van der Waals surface area contributed by atoms with Crippen molar-refractivity contribution in [2.45, 2.75) is 238 Å². The molecule has 0 aromatic carbocycles. The van der Waals surface area contributed by atoms with E-state index in [9.17, 15) is 19.8 Å². The largest absolute Gasteiger partial charge is 0.462 e. The van der Waals surface area contributed by atoms with Crippen molar-refractivity contribution < 1.29 is 24.5 Å². The molecule has 6 nitrogen and oxygen atoms in total. The quantitative estimate of drug-likeness (QED) is 0.0245. The first-order chi connectivity index (χ1) is 30.5. The summed E-state index contributed by atoms with van der Waals surface area (Å²) in [4.78, 5) is 26.1. The number of ether oxygens (including phenoxy) is 1. The van der Waals surface area contributed by atoms with Gasteiger partial charge in [0.15, 0.2) is 0 Å². The smallest absolute Gasteiger partial charge is 0.306 e. The minimum Gasteiger partial charge on any atom is -0.462 e. The lowest BCUT2D eigenvalue weighted by atomic mass is 10.0. The van der Waals surface area contributed by atoms with Crippen molar-refractivity contribution in [3.63, 3.8) is 0 Å². The average molecular weight is 862 g/mol. The third kappa shape index (κ3) is 43.4. The molecule has 0 saturated heterocycles. The van der Waals surface area contributed by atoms with Crippen LogP contribution in [0.4, 0.5) is 0 Å². The lowest BCUT2D eigenvalue weighted by Crippen LogP contribution is -2.46. The highest BCUT2D eigenvalue weighted by Gasteiger charge is 2.24. The van der Waals surface area contributed by atoms with E-state index in [1.807, 2.05) is 18.2 Å². The molecule has 3 unspecified atom stereocenters. The predicted octanol–water partition coefficient (Wildman–Crippen LogP) is 15.3. The first kappa shape index (κ1) is 58.8. The number of hydrogen-bond acceptors (Lipinski definition) is 5. The van der Waals surface area contributed by atoms with Crippen LogP contribution in [0.5, 0.6) is 0 Å². The van der Waals surface area contributed by atoms with E-state index in [-0.39, 0.29) is 31.3 Å². The second-order valence-electron chi connectivity index (χ2n) is 16.9. The number of rotatable bonds is 44. The summed E-state index contributed by atoms with van der Waals surface area (Å²) >= 11 is 0. The van der Waals surface area contributed by atoms with E-state index in [0.717, 1.165) is 83.5 Å². The zero-order valence-electron chi connectivity index (χ0n) is 40.2. The number of carbonyl (C=O) groups excluding carboxylic acids is 2. The fraction of sp³-hybridized carbons (Fsp3) is 0.679. The Morgan fingerprint density at radius 2 is 0.952 bits per heavy atom. The molecule has 0 bridgehead atoms. The van der Waals surface area contributed by atoms with Crippen molar-refractivity contribution >= 4 is 11.9 Å². The van der Waals surface area contributed by atoms with E-state index < -0.39 is 18.2 Å². The van der Waals surface area contributed by atoms with E-state index in [1.54, 1.807) is 0 Å². The summed E-state index contributed by atoms with van der Waals surface area (Å²) in [6.07, 6.45) is 64.8. The van der Waals surface area contributed by atoms with Gasteiger partial charge in [-0.2, -0.15) is 0 Å². The van der Waals surface area contributed by atoms with Crippen LogP contribution < -0.4 is 5.32 Å². The van der Waals surface area contributed by atoms with Crippen LogP contribution in [0.15, 0.2) is 97.2 Å². The number of amides is 1. The summed E-state index contributed by atoms with van der Waals surface area (Å²) in [5, 5.41) is 23.7. The van der Waals surface area contributed by atoms with E-state index in [4.69, 9.17) is 4.74 Å². The molecule has 1 amide bonds. The number of aliphatic hydroxyl groups excluding tert-OH is 2. The Morgan fingerprint density at radius 3 is 1.47 bits per heavy atom. The molecule has 0 aliphatic rings. The van der Waals surface area contributed by atoms with Crippen molar-refractivity contribution in [1.82, 2.24) is 5.32 Å². The molecule has 0 spiro atoms. The maximum atomic E-state index is 13.2. The number of nitrogens with one attached hydrogen (secondary N) is 1. The Bertz CT molecular complexity index is 1240. The zero-order valence-corrected chi connectivity index (χ0v) is 40.2. The molecule has 0 aromatic heterocycles. The molecule has 0 saturated carbocycles. The second-order valence-corrected chi connectivity index (χ2v) is 16.9. The van der Waals surface area contributed by atoms with Gasteiger partial charge in [0.1, 0.15) is 6.10 Å². The summed E-state index contributed by atoms with van der Waals surface area (Å²) in [7, 11) is 0. The molecule has 0 fully saturated rings. The summed E-state index contributed by atoms with van der Waals surface area (Å²) in [5.74, 6) is -0.616. The van der Waals surface area contributed by atoms with Crippen LogP contribution in [0.25, 0.3) is 0 Å². The maximum Gasteiger partial charge on any atom is 0.306 e. The zero-order chi connectivity index (χ0) is 45.2. The second kappa shape index (κ2) is 48.8.